The van der Waals surface area contributed by atoms with Crippen molar-refractivity contribution in [3.05, 3.63) is 80.8 Å². The Bertz CT molecular complexity index is 1140. The van der Waals surface area contributed by atoms with Gasteiger partial charge in [-0.25, -0.2) is 4.98 Å². The number of amides is 1. The maximum Gasteiger partial charge on any atom is 0.271 e. The fraction of sp³-hybridized carbons (Fsp3) is 0.190. The summed E-state index contributed by atoms with van der Waals surface area (Å²) in [6, 6.07) is 13.2. The van der Waals surface area contributed by atoms with Crippen LogP contribution in [0, 0.1) is 0 Å². The molecule has 1 aliphatic rings. The van der Waals surface area contributed by atoms with Gasteiger partial charge in [0.2, 0.25) is 0 Å². The lowest BCUT2D eigenvalue weighted by Crippen LogP contribution is -2.20. The summed E-state index contributed by atoms with van der Waals surface area (Å²) in [6.45, 7) is 0.778. The van der Waals surface area contributed by atoms with Gasteiger partial charge in [-0.1, -0.05) is 41.4 Å². The number of rotatable bonds is 4. The highest BCUT2D eigenvalue weighted by Gasteiger charge is 2.28. The Balaban J connectivity index is 2.02. The molecular formula is C21H19Cl2N5O. The van der Waals surface area contributed by atoms with Gasteiger partial charge in [0.05, 0.1) is 30.2 Å². The normalized spacial score (nSPS) is 12.6. The van der Waals surface area contributed by atoms with Gasteiger partial charge < -0.3 is 10.6 Å². The number of carbonyl (C=O) groups excluding carboxylic acids is 1. The van der Waals surface area contributed by atoms with Crippen molar-refractivity contribution < 1.29 is 4.79 Å². The van der Waals surface area contributed by atoms with E-state index < -0.39 is 0 Å². The van der Waals surface area contributed by atoms with Crippen LogP contribution in [0.25, 0.3) is 5.69 Å². The molecule has 1 amide bonds. The van der Waals surface area contributed by atoms with Crippen LogP contribution in [0.1, 0.15) is 33.1 Å². The first kappa shape index (κ1) is 19.6. The Morgan fingerprint density at radius 3 is 2.66 bits per heavy atom. The average molecular weight is 428 g/mol. The number of halogens is 2. The largest absolute Gasteiger partial charge is 0.354 e. The summed E-state index contributed by atoms with van der Waals surface area (Å²) in [6.07, 6.45) is 0. The van der Waals surface area contributed by atoms with E-state index >= 15 is 0 Å². The monoisotopic (exact) mass is 427 g/mol. The van der Waals surface area contributed by atoms with Crippen LogP contribution in [0.5, 0.6) is 0 Å². The molecular weight excluding hydrogens is 409 g/mol. The minimum atomic E-state index is -0.247. The Hall–Kier alpha value is -2.67. The van der Waals surface area contributed by atoms with E-state index in [4.69, 9.17) is 28.2 Å². The molecule has 0 saturated heterocycles. The molecule has 148 valence electrons. The van der Waals surface area contributed by atoms with E-state index in [0.29, 0.717) is 22.3 Å². The van der Waals surface area contributed by atoms with Gasteiger partial charge in [-0.15, -0.1) is 0 Å². The van der Waals surface area contributed by atoms with Crippen molar-refractivity contribution in [2.24, 2.45) is 4.99 Å². The lowest BCUT2D eigenvalue weighted by atomic mass is 10.0. The van der Waals surface area contributed by atoms with E-state index in [1.165, 1.54) is 0 Å². The van der Waals surface area contributed by atoms with Crippen molar-refractivity contribution >= 4 is 34.8 Å². The highest BCUT2D eigenvalue weighted by Crippen LogP contribution is 2.32. The first-order chi connectivity index (χ1) is 14.0. The molecule has 0 fully saturated rings. The molecule has 2 N–H and O–H groups in total. The van der Waals surface area contributed by atoms with Crippen LogP contribution < -0.4 is 10.6 Å². The van der Waals surface area contributed by atoms with Crippen LogP contribution in [0.2, 0.25) is 10.0 Å². The zero-order chi connectivity index (χ0) is 20.5. The molecule has 1 aromatic heterocycles. The molecule has 2 heterocycles. The number of aliphatic imine (C=N–C) groups is 1. The number of carbonyl (C=O) groups is 1. The number of aromatic nitrogens is 2. The predicted molar refractivity (Wildman–Crippen MR) is 116 cm³/mol. The second-order valence-corrected chi connectivity index (χ2v) is 7.42. The highest BCUT2D eigenvalue weighted by molar-refractivity contribution is 6.36. The van der Waals surface area contributed by atoms with Crippen molar-refractivity contribution in [2.75, 3.05) is 14.1 Å². The number of benzene rings is 2. The van der Waals surface area contributed by atoms with Gasteiger partial charge in [-0.3, -0.25) is 14.4 Å². The smallest absolute Gasteiger partial charge is 0.271 e. The second kappa shape index (κ2) is 7.99. The average Bonchev–Trinajstić information content (AvgIpc) is 2.98. The third kappa shape index (κ3) is 3.44. The summed E-state index contributed by atoms with van der Waals surface area (Å²) >= 11 is 12.8. The molecule has 3 aromatic rings. The standard InChI is InChI=1S/C21H19Cl2N5O/c1-24-11-18-27-20(21(29)25-2)17-10-26-19(13-5-3-4-6-15(13)23)14-9-12(22)7-8-16(14)28(17)18/h3-9,24H,10-11H2,1-2H3,(H,25,29). The van der Waals surface area contributed by atoms with Crippen molar-refractivity contribution in [1.82, 2.24) is 20.2 Å². The van der Waals surface area contributed by atoms with E-state index in [1.54, 1.807) is 7.05 Å². The van der Waals surface area contributed by atoms with Crippen molar-refractivity contribution in [3.8, 4) is 5.69 Å². The molecule has 0 unspecified atom stereocenters. The summed E-state index contributed by atoms with van der Waals surface area (Å²) in [5.74, 6) is 0.475. The van der Waals surface area contributed by atoms with Gasteiger partial charge in [-0.05, 0) is 31.3 Å². The number of fused-ring (bicyclic) bond motifs is 3. The second-order valence-electron chi connectivity index (χ2n) is 6.57. The summed E-state index contributed by atoms with van der Waals surface area (Å²) < 4.78 is 1.99. The number of imidazole rings is 1. The summed E-state index contributed by atoms with van der Waals surface area (Å²) in [5.41, 5.74) is 4.32. The maximum absolute atomic E-state index is 12.5. The minimum absolute atomic E-state index is 0.247. The Labute approximate surface area is 178 Å². The summed E-state index contributed by atoms with van der Waals surface area (Å²) in [4.78, 5) is 21.9. The van der Waals surface area contributed by atoms with Crippen LogP contribution in [-0.2, 0) is 13.1 Å². The predicted octanol–water partition coefficient (Wildman–Crippen LogP) is 3.61. The highest BCUT2D eigenvalue weighted by atomic mass is 35.5. The summed E-state index contributed by atoms with van der Waals surface area (Å²) in [5, 5.41) is 6.98. The molecule has 6 nitrogen and oxygen atoms in total. The first-order valence-electron chi connectivity index (χ1n) is 9.12. The molecule has 0 bridgehead atoms. The topological polar surface area (TPSA) is 71.3 Å². The fourth-order valence-electron chi connectivity index (χ4n) is 3.53. The third-order valence-corrected chi connectivity index (χ3v) is 5.35. The molecule has 1 aliphatic heterocycles. The Kier molecular flexibility index (Phi) is 5.41. The number of nitrogens with one attached hydrogen (secondary N) is 2. The van der Waals surface area contributed by atoms with Crippen molar-refractivity contribution in [1.29, 1.82) is 0 Å². The zero-order valence-electron chi connectivity index (χ0n) is 16.0. The van der Waals surface area contributed by atoms with Gasteiger partial charge >= 0.3 is 0 Å². The fourth-order valence-corrected chi connectivity index (χ4v) is 3.93. The number of hydrogen-bond acceptors (Lipinski definition) is 4. The maximum atomic E-state index is 12.5. The van der Waals surface area contributed by atoms with Crippen LogP contribution in [0.4, 0.5) is 0 Å². The lowest BCUT2D eigenvalue weighted by Gasteiger charge is -2.15. The molecule has 0 atom stereocenters. The molecule has 0 aliphatic carbocycles. The molecule has 2 aromatic carbocycles. The van der Waals surface area contributed by atoms with Gasteiger partial charge in [0.15, 0.2) is 5.69 Å². The van der Waals surface area contributed by atoms with Crippen LogP contribution >= 0.6 is 23.2 Å². The lowest BCUT2D eigenvalue weighted by molar-refractivity contribution is 0.0957. The van der Waals surface area contributed by atoms with E-state index in [1.807, 2.05) is 54.1 Å². The zero-order valence-corrected chi connectivity index (χ0v) is 17.5. The molecule has 29 heavy (non-hydrogen) atoms. The van der Waals surface area contributed by atoms with Crippen LogP contribution in [0.15, 0.2) is 47.5 Å². The molecule has 0 saturated carbocycles. The Morgan fingerprint density at radius 2 is 1.93 bits per heavy atom. The van der Waals surface area contributed by atoms with Gasteiger partial charge in [0.1, 0.15) is 5.82 Å². The first-order valence-corrected chi connectivity index (χ1v) is 9.87. The van der Waals surface area contributed by atoms with Gasteiger partial charge in [-0.2, -0.15) is 0 Å². The molecule has 4 rings (SSSR count). The number of hydrogen-bond donors (Lipinski definition) is 2. The van der Waals surface area contributed by atoms with E-state index in [-0.39, 0.29) is 12.5 Å². The van der Waals surface area contributed by atoms with Crippen LogP contribution in [-0.4, -0.2) is 35.3 Å². The number of nitrogens with zero attached hydrogens (tertiary/aromatic N) is 3. The quantitative estimate of drug-likeness (QED) is 0.667. The minimum Gasteiger partial charge on any atom is -0.354 e. The summed E-state index contributed by atoms with van der Waals surface area (Å²) in [7, 11) is 3.43. The van der Waals surface area contributed by atoms with E-state index in [0.717, 1.165) is 34.0 Å². The van der Waals surface area contributed by atoms with Crippen molar-refractivity contribution in [3.63, 3.8) is 0 Å². The van der Waals surface area contributed by atoms with Gasteiger partial charge in [0.25, 0.3) is 5.91 Å². The Morgan fingerprint density at radius 1 is 1.14 bits per heavy atom. The SMILES string of the molecule is CNCc1nc(C(=O)NC)c2n1-c1ccc(Cl)cc1C(c1ccccc1Cl)=NC2. The van der Waals surface area contributed by atoms with Gasteiger partial charge in [0, 0.05) is 28.2 Å². The van der Waals surface area contributed by atoms with Crippen molar-refractivity contribution in [2.45, 2.75) is 13.1 Å². The molecule has 8 heteroatoms. The molecule has 0 spiro atoms. The van der Waals surface area contributed by atoms with E-state index in [2.05, 4.69) is 15.6 Å². The molecule has 0 radical (unpaired) electrons. The third-order valence-electron chi connectivity index (χ3n) is 4.79. The van der Waals surface area contributed by atoms with Crippen LogP contribution in [0.3, 0.4) is 0 Å². The van der Waals surface area contributed by atoms with E-state index in [9.17, 15) is 4.79 Å².